The number of rotatable bonds is 3. The summed E-state index contributed by atoms with van der Waals surface area (Å²) in [5.41, 5.74) is 4.77. The van der Waals surface area contributed by atoms with Gasteiger partial charge in [0.05, 0.1) is 30.9 Å². The molecule has 7 heteroatoms. The summed E-state index contributed by atoms with van der Waals surface area (Å²) in [5.74, 6) is 0.0227. The molecule has 0 aliphatic carbocycles. The van der Waals surface area contributed by atoms with Gasteiger partial charge in [0.25, 0.3) is 0 Å². The van der Waals surface area contributed by atoms with Crippen molar-refractivity contribution in [2.24, 2.45) is 0 Å². The molecule has 28 heavy (non-hydrogen) atoms. The van der Waals surface area contributed by atoms with E-state index in [4.69, 9.17) is 21.1 Å². The van der Waals surface area contributed by atoms with Crippen LogP contribution in [0.15, 0.2) is 18.2 Å². The number of aromatic amines is 1. The van der Waals surface area contributed by atoms with Gasteiger partial charge in [-0.15, -0.1) is 0 Å². The fourth-order valence-electron chi connectivity index (χ4n) is 3.71. The summed E-state index contributed by atoms with van der Waals surface area (Å²) >= 11 is 6.22. The van der Waals surface area contributed by atoms with Gasteiger partial charge >= 0.3 is 6.09 Å². The molecule has 0 bridgehead atoms. The van der Waals surface area contributed by atoms with E-state index in [1.165, 1.54) is 0 Å². The molecule has 0 radical (unpaired) electrons. The molecule has 6 nitrogen and oxygen atoms in total. The summed E-state index contributed by atoms with van der Waals surface area (Å²) in [6.07, 6.45) is 0.552. The minimum Gasteiger partial charge on any atom is -0.444 e. The Kier molecular flexibility index (Phi) is 4.88. The molecule has 1 N–H and O–H groups in total. The van der Waals surface area contributed by atoms with E-state index in [1.54, 1.807) is 4.90 Å². The third-order valence-electron chi connectivity index (χ3n) is 5.18. The van der Waals surface area contributed by atoms with Crippen molar-refractivity contribution in [2.45, 2.75) is 58.3 Å². The Bertz CT molecular complexity index is 899. The highest BCUT2D eigenvalue weighted by Gasteiger charge is 2.40. The molecule has 1 aromatic heterocycles. The Morgan fingerprint density at radius 2 is 2.18 bits per heavy atom. The molecule has 2 aliphatic rings. The molecule has 2 aromatic rings. The Morgan fingerprint density at radius 3 is 2.82 bits per heavy atom. The zero-order valence-electron chi connectivity index (χ0n) is 16.7. The van der Waals surface area contributed by atoms with Gasteiger partial charge in [-0.3, -0.25) is 5.10 Å². The minimum absolute atomic E-state index is 0.0227. The number of H-pyrrole nitrogens is 1. The number of hydrogen-bond donors (Lipinski definition) is 1. The second-order valence-corrected chi connectivity index (χ2v) is 8.98. The van der Waals surface area contributed by atoms with Gasteiger partial charge in [0.2, 0.25) is 0 Å². The van der Waals surface area contributed by atoms with Crippen LogP contribution in [-0.4, -0.2) is 46.0 Å². The summed E-state index contributed by atoms with van der Waals surface area (Å²) in [6.45, 7) is 9.47. The molecule has 150 valence electrons. The summed E-state index contributed by atoms with van der Waals surface area (Å²) in [6, 6.07) is 6.06. The smallest absolute Gasteiger partial charge is 0.410 e. The number of aryl methyl sites for hydroxylation is 1. The van der Waals surface area contributed by atoms with Crippen molar-refractivity contribution < 1.29 is 14.3 Å². The van der Waals surface area contributed by atoms with Gasteiger partial charge in [0.15, 0.2) is 0 Å². The summed E-state index contributed by atoms with van der Waals surface area (Å²) < 4.78 is 11.2. The fraction of sp³-hybridized carbons (Fsp3) is 0.524. The van der Waals surface area contributed by atoms with Crippen molar-refractivity contribution >= 4 is 17.7 Å². The average molecular weight is 404 g/mol. The predicted molar refractivity (Wildman–Crippen MR) is 107 cm³/mol. The van der Waals surface area contributed by atoms with Gasteiger partial charge in [-0.25, -0.2) is 4.79 Å². The molecule has 2 atom stereocenters. The Morgan fingerprint density at radius 1 is 1.43 bits per heavy atom. The number of carbonyl (C=O) groups is 1. The number of hydrogen-bond acceptors (Lipinski definition) is 4. The molecular formula is C21H26ClN3O3. The van der Waals surface area contributed by atoms with Gasteiger partial charge in [0.1, 0.15) is 5.60 Å². The summed E-state index contributed by atoms with van der Waals surface area (Å²) in [5, 5.41) is 8.57. The molecule has 1 fully saturated rings. The van der Waals surface area contributed by atoms with E-state index in [0.717, 1.165) is 39.5 Å². The standard InChI is InChI=1S/C21H26ClN3O3/c1-12-9-13(5-6-15(12)22)18(17-11-27-17)19-14-10-25(8-7-16(14)23-24-19)20(26)28-21(2,3)4/h5-6,9,17-18H,7-8,10-11H2,1-4H3,(H,23,24). The molecule has 2 unspecified atom stereocenters. The second kappa shape index (κ2) is 7.08. The van der Waals surface area contributed by atoms with Crippen LogP contribution in [0.4, 0.5) is 4.79 Å². The first-order valence-corrected chi connectivity index (χ1v) is 10.0. The van der Waals surface area contributed by atoms with Crippen LogP contribution in [0.2, 0.25) is 5.02 Å². The number of benzene rings is 1. The lowest BCUT2D eigenvalue weighted by Gasteiger charge is -2.30. The van der Waals surface area contributed by atoms with Crippen LogP contribution in [0.3, 0.4) is 0 Å². The van der Waals surface area contributed by atoms with Crippen LogP contribution in [0.5, 0.6) is 0 Å². The molecule has 1 saturated heterocycles. The minimum atomic E-state index is -0.512. The molecular weight excluding hydrogens is 378 g/mol. The van der Waals surface area contributed by atoms with Crippen LogP contribution in [0.25, 0.3) is 0 Å². The van der Waals surface area contributed by atoms with Crippen LogP contribution in [0.1, 0.15) is 54.8 Å². The van der Waals surface area contributed by atoms with E-state index < -0.39 is 5.60 Å². The summed E-state index contributed by atoms with van der Waals surface area (Å²) in [4.78, 5) is 14.3. The van der Waals surface area contributed by atoms with E-state index in [2.05, 4.69) is 16.3 Å². The van der Waals surface area contributed by atoms with Crippen molar-refractivity contribution in [1.29, 1.82) is 0 Å². The zero-order valence-corrected chi connectivity index (χ0v) is 17.5. The predicted octanol–water partition coefficient (Wildman–Crippen LogP) is 4.20. The highest BCUT2D eigenvalue weighted by atomic mass is 35.5. The number of nitrogens with one attached hydrogen (secondary N) is 1. The number of fused-ring (bicyclic) bond motifs is 1. The first kappa shape index (κ1) is 19.3. The highest BCUT2D eigenvalue weighted by Crippen LogP contribution is 2.39. The monoisotopic (exact) mass is 403 g/mol. The van der Waals surface area contributed by atoms with E-state index in [1.807, 2.05) is 39.8 Å². The maximum absolute atomic E-state index is 12.6. The van der Waals surface area contributed by atoms with Gasteiger partial charge in [-0.1, -0.05) is 23.7 Å². The van der Waals surface area contributed by atoms with E-state index >= 15 is 0 Å². The fourth-order valence-corrected chi connectivity index (χ4v) is 3.83. The van der Waals surface area contributed by atoms with E-state index in [-0.39, 0.29) is 18.1 Å². The Labute approximate surface area is 170 Å². The largest absolute Gasteiger partial charge is 0.444 e. The number of halogens is 1. The second-order valence-electron chi connectivity index (χ2n) is 8.58. The molecule has 4 rings (SSSR count). The zero-order chi connectivity index (χ0) is 20.1. The Balaban J connectivity index is 1.64. The number of nitrogens with zero attached hydrogens (tertiary/aromatic N) is 2. The lowest BCUT2D eigenvalue weighted by molar-refractivity contribution is 0.0223. The molecule has 1 amide bonds. The van der Waals surface area contributed by atoms with Crippen molar-refractivity contribution in [3.63, 3.8) is 0 Å². The van der Waals surface area contributed by atoms with E-state index in [0.29, 0.717) is 19.7 Å². The molecule has 0 saturated carbocycles. The van der Waals surface area contributed by atoms with Crippen LogP contribution < -0.4 is 0 Å². The van der Waals surface area contributed by atoms with Crippen molar-refractivity contribution in [3.05, 3.63) is 51.3 Å². The number of epoxide rings is 1. The number of amides is 1. The van der Waals surface area contributed by atoms with Crippen molar-refractivity contribution in [2.75, 3.05) is 13.2 Å². The first-order chi connectivity index (χ1) is 13.2. The summed E-state index contributed by atoms with van der Waals surface area (Å²) in [7, 11) is 0. The number of ether oxygens (including phenoxy) is 2. The molecule has 0 spiro atoms. The third-order valence-corrected chi connectivity index (χ3v) is 5.61. The van der Waals surface area contributed by atoms with Gasteiger partial charge < -0.3 is 14.4 Å². The van der Waals surface area contributed by atoms with Gasteiger partial charge in [0, 0.05) is 29.2 Å². The maximum atomic E-state index is 12.6. The van der Waals surface area contributed by atoms with Gasteiger partial charge in [-0.2, -0.15) is 5.10 Å². The first-order valence-electron chi connectivity index (χ1n) is 9.64. The maximum Gasteiger partial charge on any atom is 0.410 e. The highest BCUT2D eigenvalue weighted by molar-refractivity contribution is 6.31. The molecule has 1 aromatic carbocycles. The normalized spacial score (nSPS) is 19.9. The lowest BCUT2D eigenvalue weighted by Crippen LogP contribution is -2.40. The van der Waals surface area contributed by atoms with Crippen molar-refractivity contribution in [1.82, 2.24) is 15.1 Å². The lowest BCUT2D eigenvalue weighted by atomic mass is 9.88. The number of aromatic nitrogens is 2. The number of carbonyl (C=O) groups excluding carboxylic acids is 1. The van der Waals surface area contributed by atoms with Crippen LogP contribution in [0, 0.1) is 6.92 Å². The topological polar surface area (TPSA) is 70.8 Å². The SMILES string of the molecule is Cc1cc(C(c2n[nH]c3c2CN(C(=O)OC(C)(C)C)CC3)C2CO2)ccc1Cl. The average Bonchev–Trinajstić information content (AvgIpc) is 3.36. The quantitative estimate of drug-likeness (QED) is 0.780. The van der Waals surface area contributed by atoms with Crippen molar-refractivity contribution in [3.8, 4) is 0 Å². The van der Waals surface area contributed by atoms with Gasteiger partial charge in [-0.05, 0) is 44.9 Å². The van der Waals surface area contributed by atoms with Crippen LogP contribution in [-0.2, 0) is 22.4 Å². The Hall–Kier alpha value is -2.05. The molecule has 2 aliphatic heterocycles. The van der Waals surface area contributed by atoms with Crippen LogP contribution >= 0.6 is 11.6 Å². The van der Waals surface area contributed by atoms with E-state index in [9.17, 15) is 4.79 Å². The third kappa shape index (κ3) is 3.89. The molecule has 3 heterocycles.